The minimum atomic E-state index is -0.604. The highest BCUT2D eigenvalue weighted by Crippen LogP contribution is 2.36. The number of hydrogen-bond donors (Lipinski definition) is 1. The maximum atomic E-state index is 12.5. The molecule has 0 aromatic heterocycles. The molecule has 6 heteroatoms. The summed E-state index contributed by atoms with van der Waals surface area (Å²) in [4.78, 5) is 25.0. The summed E-state index contributed by atoms with van der Waals surface area (Å²) < 4.78 is 16.5. The molecule has 1 saturated heterocycles. The van der Waals surface area contributed by atoms with Gasteiger partial charge in [-0.15, -0.1) is 0 Å². The van der Waals surface area contributed by atoms with Crippen LogP contribution < -0.4 is 5.32 Å². The van der Waals surface area contributed by atoms with Crippen molar-refractivity contribution in [2.75, 3.05) is 7.11 Å². The van der Waals surface area contributed by atoms with Crippen LogP contribution in [0.25, 0.3) is 0 Å². The molecule has 2 aromatic rings. The zero-order valence-electron chi connectivity index (χ0n) is 18.5. The molecular weight excluding hydrogens is 394 g/mol. The summed E-state index contributed by atoms with van der Waals surface area (Å²) in [5.41, 5.74) is 1.50. The lowest BCUT2D eigenvalue weighted by Crippen LogP contribution is -2.44. The van der Waals surface area contributed by atoms with Crippen LogP contribution in [0, 0.1) is 5.92 Å². The molecule has 0 aliphatic carbocycles. The van der Waals surface area contributed by atoms with E-state index in [4.69, 9.17) is 14.2 Å². The molecule has 166 valence electrons. The van der Waals surface area contributed by atoms with Crippen LogP contribution in [0.15, 0.2) is 60.7 Å². The second kappa shape index (κ2) is 9.96. The minimum absolute atomic E-state index is 0.305. The largest absolute Gasteiger partial charge is 0.469 e. The Kier molecular flexibility index (Phi) is 7.33. The maximum Gasteiger partial charge on any atom is 0.407 e. The number of ether oxygens (including phenoxy) is 3. The van der Waals surface area contributed by atoms with Gasteiger partial charge in [-0.05, 0) is 44.7 Å². The molecule has 31 heavy (non-hydrogen) atoms. The summed E-state index contributed by atoms with van der Waals surface area (Å²) in [6.45, 7) is 5.47. The van der Waals surface area contributed by atoms with Gasteiger partial charge in [0, 0.05) is 0 Å². The van der Waals surface area contributed by atoms with E-state index >= 15 is 0 Å². The number of rotatable bonds is 8. The highest BCUT2D eigenvalue weighted by Gasteiger charge is 2.52. The second-order valence-corrected chi connectivity index (χ2v) is 8.83. The Morgan fingerprint density at radius 3 is 2.00 bits per heavy atom. The first-order chi connectivity index (χ1) is 14.8. The zero-order valence-corrected chi connectivity index (χ0v) is 18.5. The summed E-state index contributed by atoms with van der Waals surface area (Å²) in [7, 11) is 1.39. The number of carbonyl (C=O) groups excluding carboxylic acids is 2. The number of hydrogen-bond acceptors (Lipinski definition) is 5. The zero-order chi connectivity index (χ0) is 22.4. The Labute approximate surface area is 183 Å². The molecule has 0 spiro atoms. The molecule has 1 heterocycles. The Balaban J connectivity index is 1.75. The van der Waals surface area contributed by atoms with Crippen LogP contribution in [-0.2, 0) is 31.8 Å². The molecule has 1 amide bonds. The van der Waals surface area contributed by atoms with E-state index in [0.29, 0.717) is 12.8 Å². The highest BCUT2D eigenvalue weighted by atomic mass is 16.6. The first-order valence-corrected chi connectivity index (χ1v) is 10.6. The van der Waals surface area contributed by atoms with Crippen LogP contribution in [0.4, 0.5) is 4.79 Å². The van der Waals surface area contributed by atoms with E-state index in [1.54, 1.807) is 0 Å². The minimum Gasteiger partial charge on any atom is -0.469 e. The van der Waals surface area contributed by atoms with E-state index in [1.807, 2.05) is 81.4 Å². The third kappa shape index (κ3) is 6.82. The number of methoxy groups -OCH3 is 1. The van der Waals surface area contributed by atoms with E-state index in [1.165, 1.54) is 7.11 Å². The van der Waals surface area contributed by atoms with Crippen LogP contribution >= 0.6 is 0 Å². The fourth-order valence-electron chi connectivity index (χ4n) is 3.71. The van der Waals surface area contributed by atoms with Crippen LogP contribution in [0.3, 0.4) is 0 Å². The molecule has 0 bridgehead atoms. The molecule has 1 aliphatic heterocycles. The number of alkyl carbamates (subject to hydrolysis) is 1. The number of carbonyl (C=O) groups is 2. The van der Waals surface area contributed by atoms with Crippen molar-refractivity contribution in [3.05, 3.63) is 71.8 Å². The Hall–Kier alpha value is -2.86. The van der Waals surface area contributed by atoms with Crippen molar-refractivity contribution in [1.29, 1.82) is 0 Å². The van der Waals surface area contributed by atoms with Crippen molar-refractivity contribution in [2.24, 2.45) is 5.92 Å². The number of benzene rings is 2. The standard InChI is InChI=1S/C25H31NO5/c1-25(2,3)31-24(28)26-20(16-18-13-9-6-10-14-18)22-21(30-22)19(23(27)29-4)15-17-11-7-5-8-12-17/h5-14,19-22H,15-16H2,1-4H3,(H,26,28)/t19-,20+,21-,22+/m1/s1. The molecular formula is C25H31NO5. The van der Waals surface area contributed by atoms with Gasteiger partial charge in [0.25, 0.3) is 0 Å². The van der Waals surface area contributed by atoms with E-state index in [9.17, 15) is 9.59 Å². The average Bonchev–Trinajstić information content (AvgIpc) is 3.52. The molecule has 0 radical (unpaired) electrons. The first kappa shape index (κ1) is 22.8. The van der Waals surface area contributed by atoms with Crippen LogP contribution in [0.2, 0.25) is 0 Å². The van der Waals surface area contributed by atoms with Crippen molar-refractivity contribution in [2.45, 2.75) is 57.5 Å². The SMILES string of the molecule is COC(=O)[C@H](Cc1ccccc1)[C@H]1O[C@H]1[C@H](Cc1ccccc1)NC(=O)OC(C)(C)C. The lowest BCUT2D eigenvalue weighted by atomic mass is 9.91. The third-order valence-electron chi connectivity index (χ3n) is 5.16. The molecule has 0 unspecified atom stereocenters. The number of epoxide rings is 1. The fraction of sp³-hybridized carbons (Fsp3) is 0.440. The predicted molar refractivity (Wildman–Crippen MR) is 118 cm³/mol. The first-order valence-electron chi connectivity index (χ1n) is 10.6. The van der Waals surface area contributed by atoms with Gasteiger partial charge in [0.2, 0.25) is 0 Å². The average molecular weight is 426 g/mol. The van der Waals surface area contributed by atoms with Gasteiger partial charge in [-0.25, -0.2) is 4.79 Å². The molecule has 4 atom stereocenters. The fourth-order valence-corrected chi connectivity index (χ4v) is 3.71. The predicted octanol–water partition coefficient (Wildman–Crippen LogP) is 3.92. The normalized spacial score (nSPS) is 19.7. The third-order valence-corrected chi connectivity index (χ3v) is 5.16. The molecule has 1 fully saturated rings. The summed E-state index contributed by atoms with van der Waals surface area (Å²) in [5.74, 6) is -0.761. The Morgan fingerprint density at radius 2 is 1.48 bits per heavy atom. The van der Waals surface area contributed by atoms with Gasteiger partial charge in [0.1, 0.15) is 11.7 Å². The van der Waals surface area contributed by atoms with Gasteiger partial charge in [-0.2, -0.15) is 0 Å². The van der Waals surface area contributed by atoms with E-state index in [2.05, 4.69) is 5.32 Å². The lowest BCUT2D eigenvalue weighted by Gasteiger charge is -2.23. The monoisotopic (exact) mass is 425 g/mol. The Morgan fingerprint density at radius 1 is 0.935 bits per heavy atom. The molecule has 1 N–H and O–H groups in total. The summed E-state index contributed by atoms with van der Waals surface area (Å²) in [6.07, 6.45) is -0.0585. The van der Waals surface area contributed by atoms with Gasteiger partial charge >= 0.3 is 12.1 Å². The van der Waals surface area contributed by atoms with Crippen molar-refractivity contribution in [3.63, 3.8) is 0 Å². The second-order valence-electron chi connectivity index (χ2n) is 8.83. The van der Waals surface area contributed by atoms with E-state index < -0.39 is 17.6 Å². The van der Waals surface area contributed by atoms with Crippen molar-refractivity contribution in [1.82, 2.24) is 5.32 Å². The Bertz CT molecular complexity index is 862. The smallest absolute Gasteiger partial charge is 0.407 e. The van der Waals surface area contributed by atoms with E-state index in [0.717, 1.165) is 11.1 Å². The van der Waals surface area contributed by atoms with E-state index in [-0.39, 0.29) is 24.2 Å². The maximum absolute atomic E-state index is 12.5. The summed E-state index contributed by atoms with van der Waals surface area (Å²) in [6, 6.07) is 19.3. The summed E-state index contributed by atoms with van der Waals surface area (Å²) >= 11 is 0. The van der Waals surface area contributed by atoms with Crippen LogP contribution in [0.1, 0.15) is 31.9 Å². The quantitative estimate of drug-likeness (QED) is 0.512. The number of nitrogens with one attached hydrogen (secondary N) is 1. The van der Waals surface area contributed by atoms with Gasteiger partial charge in [0.05, 0.1) is 25.2 Å². The van der Waals surface area contributed by atoms with Gasteiger partial charge in [-0.3, -0.25) is 4.79 Å². The molecule has 6 nitrogen and oxygen atoms in total. The highest BCUT2D eigenvalue weighted by molar-refractivity contribution is 5.74. The topological polar surface area (TPSA) is 77.2 Å². The van der Waals surface area contributed by atoms with Crippen molar-refractivity contribution in [3.8, 4) is 0 Å². The van der Waals surface area contributed by atoms with Crippen molar-refractivity contribution < 1.29 is 23.8 Å². The van der Waals surface area contributed by atoms with Gasteiger partial charge in [-0.1, -0.05) is 60.7 Å². The molecule has 3 rings (SSSR count). The van der Waals surface area contributed by atoms with Crippen molar-refractivity contribution >= 4 is 12.1 Å². The van der Waals surface area contributed by atoms with Crippen LogP contribution in [-0.4, -0.2) is 43.0 Å². The van der Waals surface area contributed by atoms with Gasteiger partial charge < -0.3 is 19.5 Å². The molecule has 1 aliphatic rings. The number of esters is 1. The van der Waals surface area contributed by atoms with Crippen LogP contribution in [0.5, 0.6) is 0 Å². The number of amides is 1. The summed E-state index contributed by atoms with van der Waals surface area (Å²) in [5, 5.41) is 2.95. The van der Waals surface area contributed by atoms with Gasteiger partial charge in [0.15, 0.2) is 0 Å². The lowest BCUT2D eigenvalue weighted by molar-refractivity contribution is -0.146. The molecule has 0 saturated carbocycles. The molecule has 2 aromatic carbocycles.